The van der Waals surface area contributed by atoms with Crippen LogP contribution >= 0.6 is 0 Å². The summed E-state index contributed by atoms with van der Waals surface area (Å²) in [4.78, 5) is 11.3. The van der Waals surface area contributed by atoms with E-state index >= 15 is 0 Å². The molecule has 1 aromatic heterocycles. The first-order valence-corrected chi connectivity index (χ1v) is 9.26. The summed E-state index contributed by atoms with van der Waals surface area (Å²) in [7, 11) is 0. The van der Waals surface area contributed by atoms with Crippen molar-refractivity contribution in [1.29, 1.82) is 0 Å². The molecule has 1 atom stereocenters. The Hall–Kier alpha value is -2.38. The van der Waals surface area contributed by atoms with Gasteiger partial charge in [-0.25, -0.2) is 4.98 Å². The largest absolute Gasteiger partial charge is 0.378 e. The van der Waals surface area contributed by atoms with Gasteiger partial charge in [0.15, 0.2) is 0 Å². The maximum absolute atomic E-state index is 5.65. The molecule has 0 radical (unpaired) electrons. The average Bonchev–Trinajstić information content (AvgIpc) is 3.22. The molecule has 1 aromatic carbocycles. The number of hydrogen-bond donors (Lipinski definition) is 2. The monoisotopic (exact) mass is 355 g/mol. The third-order valence-corrected chi connectivity index (χ3v) is 4.69. The molecular weight excluding hydrogens is 330 g/mol. The molecule has 7 nitrogen and oxygen atoms in total. The first-order valence-electron chi connectivity index (χ1n) is 9.26. The Kier molecular flexibility index (Phi) is 5.47. The van der Waals surface area contributed by atoms with Crippen LogP contribution in [0.5, 0.6) is 0 Å². The second kappa shape index (κ2) is 8.33. The van der Waals surface area contributed by atoms with Gasteiger partial charge in [-0.15, -0.1) is 0 Å². The second-order valence-electron chi connectivity index (χ2n) is 6.52. The van der Waals surface area contributed by atoms with Crippen LogP contribution in [-0.4, -0.2) is 55.5 Å². The zero-order valence-electron chi connectivity index (χ0n) is 14.9. The summed E-state index contributed by atoms with van der Waals surface area (Å²) in [6, 6.07) is 10.1. The Balaban J connectivity index is 1.44. The third-order valence-electron chi connectivity index (χ3n) is 4.69. The van der Waals surface area contributed by atoms with Gasteiger partial charge < -0.3 is 25.0 Å². The van der Waals surface area contributed by atoms with Crippen LogP contribution in [0.2, 0.25) is 0 Å². The Morgan fingerprint density at radius 2 is 2.00 bits per heavy atom. The van der Waals surface area contributed by atoms with E-state index in [1.165, 1.54) is 0 Å². The van der Waals surface area contributed by atoms with Crippen molar-refractivity contribution in [3.8, 4) is 0 Å². The zero-order chi connectivity index (χ0) is 17.6. The van der Waals surface area contributed by atoms with Crippen molar-refractivity contribution < 1.29 is 9.47 Å². The molecule has 26 heavy (non-hydrogen) atoms. The fraction of sp³-hybridized carbons (Fsp3) is 0.474. The number of nitrogens with zero attached hydrogens (tertiary/aromatic N) is 3. The minimum Gasteiger partial charge on any atom is -0.378 e. The van der Waals surface area contributed by atoms with Crippen molar-refractivity contribution in [3.63, 3.8) is 0 Å². The summed E-state index contributed by atoms with van der Waals surface area (Å²) in [6.07, 6.45) is 4.30. The quantitative estimate of drug-likeness (QED) is 0.825. The van der Waals surface area contributed by atoms with Gasteiger partial charge in [0.05, 0.1) is 30.7 Å². The minimum absolute atomic E-state index is 0.281. The number of aromatic nitrogens is 2. The number of para-hydroxylation sites is 2. The van der Waals surface area contributed by atoms with Gasteiger partial charge in [-0.2, -0.15) is 4.98 Å². The van der Waals surface area contributed by atoms with Crippen molar-refractivity contribution in [2.24, 2.45) is 0 Å². The van der Waals surface area contributed by atoms with Crippen molar-refractivity contribution in [3.05, 3.63) is 36.5 Å². The second-order valence-corrected chi connectivity index (χ2v) is 6.52. The van der Waals surface area contributed by atoms with Crippen LogP contribution in [-0.2, 0) is 9.47 Å². The van der Waals surface area contributed by atoms with Gasteiger partial charge in [-0.1, -0.05) is 12.1 Å². The van der Waals surface area contributed by atoms with Gasteiger partial charge in [-0.3, -0.25) is 0 Å². The summed E-state index contributed by atoms with van der Waals surface area (Å²) in [5.41, 5.74) is 2.16. The molecular formula is C19H25N5O2. The van der Waals surface area contributed by atoms with E-state index in [-0.39, 0.29) is 6.10 Å². The number of anilines is 4. The minimum atomic E-state index is 0.281. The molecule has 2 aliphatic rings. The lowest BCUT2D eigenvalue weighted by atomic mass is 10.2. The van der Waals surface area contributed by atoms with Crippen LogP contribution in [0.25, 0.3) is 0 Å². The summed E-state index contributed by atoms with van der Waals surface area (Å²) in [6.45, 7) is 4.94. The number of nitrogens with one attached hydrogen (secondary N) is 2. The molecule has 0 saturated carbocycles. The zero-order valence-corrected chi connectivity index (χ0v) is 14.9. The van der Waals surface area contributed by atoms with Gasteiger partial charge in [-0.05, 0) is 31.0 Å². The lowest BCUT2D eigenvalue weighted by molar-refractivity contribution is 0.120. The molecule has 138 valence electrons. The van der Waals surface area contributed by atoms with E-state index in [0.29, 0.717) is 5.95 Å². The highest BCUT2D eigenvalue weighted by Crippen LogP contribution is 2.28. The van der Waals surface area contributed by atoms with Gasteiger partial charge in [0.25, 0.3) is 0 Å². The third kappa shape index (κ3) is 4.23. The molecule has 7 heteroatoms. The fourth-order valence-electron chi connectivity index (χ4n) is 3.32. The maximum Gasteiger partial charge on any atom is 0.229 e. The normalized spacial score (nSPS) is 20.2. The summed E-state index contributed by atoms with van der Waals surface area (Å²) in [5.74, 6) is 1.39. The Morgan fingerprint density at radius 3 is 2.85 bits per heavy atom. The van der Waals surface area contributed by atoms with Crippen molar-refractivity contribution in [2.75, 3.05) is 55.0 Å². The molecule has 3 heterocycles. The molecule has 2 N–H and O–H groups in total. The topological polar surface area (TPSA) is 71.5 Å². The van der Waals surface area contributed by atoms with Crippen molar-refractivity contribution in [2.45, 2.75) is 18.9 Å². The first-order chi connectivity index (χ1) is 12.9. The fourth-order valence-corrected chi connectivity index (χ4v) is 3.32. The van der Waals surface area contributed by atoms with Crippen LogP contribution in [0, 0.1) is 0 Å². The molecule has 2 saturated heterocycles. The van der Waals surface area contributed by atoms with E-state index < -0.39 is 0 Å². The number of rotatable bonds is 6. The SMILES string of the molecule is c1ccc(N2CCOCC2)c(Nc2nccc(NCC3CCCO3)n2)c1. The Labute approximate surface area is 153 Å². The highest BCUT2D eigenvalue weighted by Gasteiger charge is 2.16. The predicted octanol–water partition coefficient (Wildman–Crippen LogP) is 2.65. The van der Waals surface area contributed by atoms with Gasteiger partial charge in [0, 0.05) is 32.4 Å². The number of morpholine rings is 1. The van der Waals surface area contributed by atoms with Crippen LogP contribution < -0.4 is 15.5 Å². The molecule has 0 bridgehead atoms. The predicted molar refractivity (Wildman–Crippen MR) is 102 cm³/mol. The first kappa shape index (κ1) is 17.1. The molecule has 2 fully saturated rings. The van der Waals surface area contributed by atoms with E-state index in [1.54, 1.807) is 6.20 Å². The number of hydrogen-bond acceptors (Lipinski definition) is 7. The highest BCUT2D eigenvalue weighted by atomic mass is 16.5. The highest BCUT2D eigenvalue weighted by molar-refractivity contribution is 5.73. The van der Waals surface area contributed by atoms with Crippen LogP contribution in [0.3, 0.4) is 0 Å². The molecule has 4 rings (SSSR count). The number of ether oxygens (including phenoxy) is 2. The van der Waals surface area contributed by atoms with Crippen LogP contribution in [0.4, 0.5) is 23.1 Å². The molecule has 2 aliphatic heterocycles. The Morgan fingerprint density at radius 1 is 1.12 bits per heavy atom. The van der Waals surface area contributed by atoms with E-state index in [4.69, 9.17) is 9.47 Å². The summed E-state index contributed by atoms with van der Waals surface area (Å²) >= 11 is 0. The van der Waals surface area contributed by atoms with Gasteiger partial charge >= 0.3 is 0 Å². The molecule has 0 spiro atoms. The average molecular weight is 355 g/mol. The van der Waals surface area contributed by atoms with E-state index in [1.807, 2.05) is 12.1 Å². The molecule has 1 unspecified atom stereocenters. The van der Waals surface area contributed by atoms with Crippen molar-refractivity contribution in [1.82, 2.24) is 9.97 Å². The van der Waals surface area contributed by atoms with Crippen LogP contribution in [0.15, 0.2) is 36.5 Å². The molecule has 2 aromatic rings. The van der Waals surface area contributed by atoms with Gasteiger partial charge in [0.2, 0.25) is 5.95 Å². The maximum atomic E-state index is 5.65. The lowest BCUT2D eigenvalue weighted by Gasteiger charge is -2.30. The number of benzene rings is 1. The molecule has 0 amide bonds. The smallest absolute Gasteiger partial charge is 0.229 e. The van der Waals surface area contributed by atoms with E-state index in [9.17, 15) is 0 Å². The Bertz CT molecular complexity index is 715. The summed E-state index contributed by atoms with van der Waals surface area (Å²) < 4.78 is 11.1. The standard InChI is InChI=1S/C19H25N5O2/c1-2-6-17(24-9-12-25-13-10-24)16(5-1)22-19-20-8-7-18(23-19)21-14-15-4-3-11-26-15/h1-2,5-8,15H,3-4,9-14H2,(H2,20,21,22,23). The van der Waals surface area contributed by atoms with E-state index in [2.05, 4.69) is 43.7 Å². The van der Waals surface area contributed by atoms with Crippen LogP contribution in [0.1, 0.15) is 12.8 Å². The lowest BCUT2D eigenvalue weighted by Crippen LogP contribution is -2.36. The van der Waals surface area contributed by atoms with Crippen molar-refractivity contribution >= 4 is 23.1 Å². The molecule has 0 aliphatic carbocycles. The van der Waals surface area contributed by atoms with Gasteiger partial charge in [0.1, 0.15) is 5.82 Å². The van der Waals surface area contributed by atoms with E-state index in [0.717, 1.165) is 69.5 Å². The summed E-state index contributed by atoms with van der Waals surface area (Å²) in [5, 5.41) is 6.71.